The third-order valence-corrected chi connectivity index (χ3v) is 6.96. The molecule has 1 aliphatic heterocycles. The Hall–Kier alpha value is -3.97. The minimum absolute atomic E-state index is 0.0958. The first-order chi connectivity index (χ1) is 17.5. The molecule has 182 valence electrons. The second-order valence-electron chi connectivity index (χ2n) is 9.03. The van der Waals surface area contributed by atoms with Gasteiger partial charge >= 0.3 is 0 Å². The van der Waals surface area contributed by atoms with Crippen LogP contribution >= 0.6 is 11.3 Å². The van der Waals surface area contributed by atoms with Crippen molar-refractivity contribution in [3.05, 3.63) is 94.3 Å². The molecule has 0 bridgehead atoms. The van der Waals surface area contributed by atoms with Gasteiger partial charge in [0.1, 0.15) is 12.3 Å². The van der Waals surface area contributed by atoms with E-state index in [4.69, 9.17) is 9.72 Å². The molecule has 0 radical (unpaired) electrons. The third kappa shape index (κ3) is 5.16. The summed E-state index contributed by atoms with van der Waals surface area (Å²) in [7, 11) is 0. The van der Waals surface area contributed by atoms with E-state index in [1.54, 1.807) is 11.3 Å². The van der Waals surface area contributed by atoms with E-state index in [9.17, 15) is 9.59 Å². The Balaban J connectivity index is 1.36. The van der Waals surface area contributed by atoms with Gasteiger partial charge in [-0.3, -0.25) is 14.5 Å². The number of para-hydroxylation sites is 1. The van der Waals surface area contributed by atoms with Gasteiger partial charge < -0.3 is 10.1 Å². The Labute approximate surface area is 214 Å². The molecule has 4 aromatic rings. The monoisotopic (exact) mass is 497 g/mol. The average molecular weight is 498 g/mol. The first-order valence-corrected chi connectivity index (χ1v) is 12.8. The SMILES string of the molecule is CC(C)c1ccccc1NC(=O)CN1C(=O)COc2ccc(-c3csc(Cc4ccccc4)n3)cc21. The molecule has 2 heterocycles. The fourth-order valence-corrected chi connectivity index (χ4v) is 5.12. The highest BCUT2D eigenvalue weighted by molar-refractivity contribution is 7.10. The Kier molecular flexibility index (Phi) is 6.82. The van der Waals surface area contributed by atoms with Crippen LogP contribution in [0.4, 0.5) is 11.4 Å². The maximum Gasteiger partial charge on any atom is 0.265 e. The minimum atomic E-state index is -0.256. The standard InChI is InChI=1S/C29H27N3O3S/c1-19(2)22-10-6-7-11-23(22)30-27(33)16-32-25-15-21(12-13-26(25)35-17-29(32)34)24-18-36-28(31-24)14-20-8-4-3-5-9-20/h3-13,15,18-19H,14,16-17H2,1-2H3,(H,30,33). The molecular weight excluding hydrogens is 470 g/mol. The summed E-state index contributed by atoms with van der Waals surface area (Å²) in [6.45, 7) is 3.97. The lowest BCUT2D eigenvalue weighted by atomic mass is 10.0. The zero-order valence-corrected chi connectivity index (χ0v) is 21.0. The largest absolute Gasteiger partial charge is 0.482 e. The van der Waals surface area contributed by atoms with E-state index in [0.29, 0.717) is 11.4 Å². The summed E-state index contributed by atoms with van der Waals surface area (Å²) in [4.78, 5) is 32.1. The lowest BCUT2D eigenvalue weighted by Crippen LogP contribution is -2.43. The van der Waals surface area contributed by atoms with Crippen molar-refractivity contribution in [3.8, 4) is 17.0 Å². The Morgan fingerprint density at radius 3 is 2.67 bits per heavy atom. The van der Waals surface area contributed by atoms with Gasteiger partial charge in [0.25, 0.3) is 5.91 Å². The maximum absolute atomic E-state index is 13.0. The van der Waals surface area contributed by atoms with Crippen LogP contribution in [0.5, 0.6) is 5.75 Å². The fraction of sp³-hybridized carbons (Fsp3) is 0.207. The number of benzene rings is 3. The summed E-state index contributed by atoms with van der Waals surface area (Å²) in [5, 5.41) is 6.01. The number of fused-ring (bicyclic) bond motifs is 1. The topological polar surface area (TPSA) is 71.5 Å². The highest BCUT2D eigenvalue weighted by Gasteiger charge is 2.28. The minimum Gasteiger partial charge on any atom is -0.482 e. The fourth-order valence-electron chi connectivity index (χ4n) is 4.28. The number of rotatable bonds is 7. The normalized spacial score (nSPS) is 12.9. The van der Waals surface area contributed by atoms with Crippen molar-refractivity contribution in [2.75, 3.05) is 23.4 Å². The number of aromatic nitrogens is 1. The van der Waals surface area contributed by atoms with E-state index in [-0.39, 0.29) is 30.9 Å². The van der Waals surface area contributed by atoms with Crippen LogP contribution in [-0.4, -0.2) is 29.9 Å². The van der Waals surface area contributed by atoms with E-state index in [0.717, 1.165) is 33.9 Å². The number of nitrogens with zero attached hydrogens (tertiary/aromatic N) is 2. The van der Waals surface area contributed by atoms with Gasteiger partial charge in [-0.05, 0) is 41.3 Å². The van der Waals surface area contributed by atoms with Crippen LogP contribution in [0.2, 0.25) is 0 Å². The van der Waals surface area contributed by atoms with Gasteiger partial charge in [0.05, 0.1) is 16.4 Å². The smallest absolute Gasteiger partial charge is 0.265 e. The van der Waals surface area contributed by atoms with Crippen molar-refractivity contribution >= 4 is 34.5 Å². The molecule has 5 rings (SSSR count). The van der Waals surface area contributed by atoms with E-state index in [1.807, 2.05) is 66.0 Å². The van der Waals surface area contributed by atoms with E-state index in [2.05, 4.69) is 31.3 Å². The molecular formula is C29H27N3O3S. The molecule has 0 unspecified atom stereocenters. The van der Waals surface area contributed by atoms with Gasteiger partial charge in [-0.2, -0.15) is 0 Å². The molecule has 0 spiro atoms. The van der Waals surface area contributed by atoms with Crippen molar-refractivity contribution in [3.63, 3.8) is 0 Å². The molecule has 2 amide bonds. The van der Waals surface area contributed by atoms with Gasteiger partial charge in [0.15, 0.2) is 6.61 Å². The second kappa shape index (κ2) is 10.3. The maximum atomic E-state index is 13.0. The number of nitrogens with one attached hydrogen (secondary N) is 1. The molecule has 7 heteroatoms. The van der Waals surface area contributed by atoms with Gasteiger partial charge in [0, 0.05) is 23.1 Å². The quantitative estimate of drug-likeness (QED) is 0.346. The number of carbonyl (C=O) groups excluding carboxylic acids is 2. The van der Waals surface area contributed by atoms with Gasteiger partial charge in [0.2, 0.25) is 5.91 Å². The first-order valence-electron chi connectivity index (χ1n) is 11.9. The number of amides is 2. The van der Waals surface area contributed by atoms with Gasteiger partial charge in [-0.15, -0.1) is 11.3 Å². The summed E-state index contributed by atoms with van der Waals surface area (Å²) in [6.07, 6.45) is 0.766. The van der Waals surface area contributed by atoms with Crippen molar-refractivity contribution in [1.29, 1.82) is 0 Å². The number of carbonyl (C=O) groups is 2. The summed E-state index contributed by atoms with van der Waals surface area (Å²) < 4.78 is 5.65. The molecule has 3 aromatic carbocycles. The van der Waals surface area contributed by atoms with Crippen molar-refractivity contribution in [1.82, 2.24) is 4.98 Å². The van der Waals surface area contributed by atoms with Crippen LogP contribution in [0.25, 0.3) is 11.3 Å². The Bertz CT molecular complexity index is 1400. The van der Waals surface area contributed by atoms with Gasteiger partial charge in [-0.25, -0.2) is 4.98 Å². The lowest BCUT2D eigenvalue weighted by molar-refractivity contribution is -0.123. The lowest BCUT2D eigenvalue weighted by Gasteiger charge is -2.29. The molecule has 0 aliphatic carbocycles. The molecule has 1 aromatic heterocycles. The van der Waals surface area contributed by atoms with Gasteiger partial charge in [-0.1, -0.05) is 62.4 Å². The summed E-state index contributed by atoms with van der Waals surface area (Å²) in [6, 6.07) is 23.6. The van der Waals surface area contributed by atoms with Crippen LogP contribution in [-0.2, 0) is 16.0 Å². The van der Waals surface area contributed by atoms with Crippen molar-refractivity contribution in [2.45, 2.75) is 26.2 Å². The summed E-state index contributed by atoms with van der Waals surface area (Å²) in [5.41, 5.74) is 5.31. The summed E-state index contributed by atoms with van der Waals surface area (Å²) >= 11 is 1.61. The predicted octanol–water partition coefficient (Wildman–Crippen LogP) is 5.89. The zero-order chi connectivity index (χ0) is 25.1. The van der Waals surface area contributed by atoms with Crippen LogP contribution in [0.15, 0.2) is 78.2 Å². The second-order valence-corrected chi connectivity index (χ2v) is 9.97. The van der Waals surface area contributed by atoms with Crippen molar-refractivity contribution < 1.29 is 14.3 Å². The van der Waals surface area contributed by atoms with E-state index in [1.165, 1.54) is 10.5 Å². The third-order valence-electron chi connectivity index (χ3n) is 6.11. The predicted molar refractivity (Wildman–Crippen MR) is 144 cm³/mol. The number of hydrogen-bond acceptors (Lipinski definition) is 5. The number of ether oxygens (including phenoxy) is 1. The van der Waals surface area contributed by atoms with Crippen LogP contribution < -0.4 is 15.0 Å². The average Bonchev–Trinajstić information content (AvgIpc) is 3.35. The number of anilines is 2. The van der Waals surface area contributed by atoms with Crippen molar-refractivity contribution in [2.24, 2.45) is 0 Å². The molecule has 0 saturated heterocycles. The molecule has 0 saturated carbocycles. The highest BCUT2D eigenvalue weighted by atomic mass is 32.1. The Morgan fingerprint density at radius 1 is 1.08 bits per heavy atom. The molecule has 36 heavy (non-hydrogen) atoms. The van der Waals surface area contributed by atoms with Crippen LogP contribution in [0.1, 0.15) is 35.9 Å². The molecule has 1 aliphatic rings. The first kappa shape index (κ1) is 23.8. The van der Waals surface area contributed by atoms with Crippen LogP contribution in [0, 0.1) is 0 Å². The van der Waals surface area contributed by atoms with E-state index < -0.39 is 0 Å². The number of hydrogen-bond donors (Lipinski definition) is 1. The molecule has 0 fully saturated rings. The molecule has 1 N–H and O–H groups in total. The van der Waals surface area contributed by atoms with Crippen LogP contribution in [0.3, 0.4) is 0 Å². The Morgan fingerprint density at radius 2 is 1.86 bits per heavy atom. The molecule has 6 nitrogen and oxygen atoms in total. The van der Waals surface area contributed by atoms with E-state index >= 15 is 0 Å². The zero-order valence-electron chi connectivity index (χ0n) is 20.2. The highest BCUT2D eigenvalue weighted by Crippen LogP contribution is 2.36. The molecule has 0 atom stereocenters. The number of thiazole rings is 1. The summed E-state index contributed by atoms with van der Waals surface area (Å²) in [5.74, 6) is 0.330.